The molecular formula is C21H23N4O2+. The number of nitro benzene ring substituents is 1. The predicted octanol–water partition coefficient (Wildman–Crippen LogP) is 2.80. The fraction of sp³-hybridized carbons (Fsp3) is 0.286. The predicted molar refractivity (Wildman–Crippen MR) is 106 cm³/mol. The van der Waals surface area contributed by atoms with E-state index in [4.69, 9.17) is 0 Å². The highest BCUT2D eigenvalue weighted by molar-refractivity contribution is 5.99. The molecule has 0 bridgehead atoms. The molecule has 0 spiro atoms. The molecule has 0 amide bonds. The van der Waals surface area contributed by atoms with Crippen LogP contribution in [0, 0.1) is 10.1 Å². The monoisotopic (exact) mass is 363 g/mol. The smallest absolute Gasteiger partial charge is 0.278 e. The Morgan fingerprint density at radius 1 is 1.07 bits per heavy atom. The summed E-state index contributed by atoms with van der Waals surface area (Å²) in [5, 5.41) is 16.3. The highest BCUT2D eigenvalue weighted by Crippen LogP contribution is 2.31. The van der Waals surface area contributed by atoms with Crippen LogP contribution in [0.2, 0.25) is 0 Å². The number of hydrogen-bond acceptors (Lipinski definition) is 4. The van der Waals surface area contributed by atoms with Crippen molar-refractivity contribution in [2.75, 3.05) is 18.4 Å². The molecule has 6 nitrogen and oxygen atoms in total. The molecule has 6 heteroatoms. The van der Waals surface area contributed by atoms with Crippen molar-refractivity contribution >= 4 is 22.1 Å². The van der Waals surface area contributed by atoms with Crippen molar-refractivity contribution in [1.29, 1.82) is 0 Å². The van der Waals surface area contributed by atoms with Gasteiger partial charge in [0.05, 0.1) is 23.4 Å². The zero-order chi connectivity index (χ0) is 18.6. The van der Waals surface area contributed by atoms with Crippen LogP contribution >= 0.6 is 0 Å². The molecule has 1 aliphatic heterocycles. The lowest BCUT2D eigenvalue weighted by molar-refractivity contribution is -0.918. The SMILES string of the molecule is O=[N+]([O-])c1ccc(NC2CC[NH+](Cc3ccccc3)CC2)c2ccncc12. The maximum Gasteiger partial charge on any atom is 0.278 e. The van der Waals surface area contributed by atoms with Crippen LogP contribution in [0.15, 0.2) is 60.9 Å². The van der Waals surface area contributed by atoms with Gasteiger partial charge < -0.3 is 10.2 Å². The number of anilines is 1. The lowest BCUT2D eigenvalue weighted by atomic mass is 10.0. The second kappa shape index (κ2) is 7.72. The van der Waals surface area contributed by atoms with E-state index in [0.717, 1.165) is 43.5 Å². The maximum atomic E-state index is 11.3. The van der Waals surface area contributed by atoms with Gasteiger partial charge in [-0.3, -0.25) is 15.1 Å². The van der Waals surface area contributed by atoms with Gasteiger partial charge in [-0.15, -0.1) is 0 Å². The lowest BCUT2D eigenvalue weighted by Gasteiger charge is -2.30. The topological polar surface area (TPSA) is 72.5 Å². The number of non-ortho nitro benzene ring substituents is 1. The Labute approximate surface area is 158 Å². The largest absolute Gasteiger partial charge is 0.381 e. The van der Waals surface area contributed by atoms with Crippen molar-refractivity contribution in [2.45, 2.75) is 25.4 Å². The molecule has 4 rings (SSSR count). The molecule has 2 N–H and O–H groups in total. The number of rotatable bonds is 5. The van der Waals surface area contributed by atoms with Crippen LogP contribution in [0.1, 0.15) is 18.4 Å². The lowest BCUT2D eigenvalue weighted by Crippen LogP contribution is -3.12. The van der Waals surface area contributed by atoms with E-state index in [9.17, 15) is 10.1 Å². The van der Waals surface area contributed by atoms with Crippen molar-refractivity contribution in [1.82, 2.24) is 4.98 Å². The standard InChI is InChI=1S/C21H22N4O2/c26-25(27)21-7-6-20(18-8-11-22-14-19(18)21)23-17-9-12-24(13-10-17)15-16-4-2-1-3-5-16/h1-8,11,14,17,23H,9-10,12-13,15H2/p+1. The number of hydrogen-bond donors (Lipinski definition) is 2. The second-order valence-electron chi connectivity index (χ2n) is 7.14. The third-order valence-corrected chi connectivity index (χ3v) is 5.34. The van der Waals surface area contributed by atoms with Crippen molar-refractivity contribution in [3.8, 4) is 0 Å². The van der Waals surface area contributed by atoms with Crippen LogP contribution in [0.4, 0.5) is 11.4 Å². The molecule has 0 atom stereocenters. The number of nitrogens with one attached hydrogen (secondary N) is 2. The van der Waals surface area contributed by atoms with E-state index in [1.807, 2.05) is 12.1 Å². The van der Waals surface area contributed by atoms with E-state index < -0.39 is 0 Å². The van der Waals surface area contributed by atoms with Gasteiger partial charge in [0.1, 0.15) is 6.54 Å². The van der Waals surface area contributed by atoms with E-state index in [1.54, 1.807) is 23.4 Å². The van der Waals surface area contributed by atoms with Crippen LogP contribution in [-0.2, 0) is 6.54 Å². The molecule has 1 fully saturated rings. The highest BCUT2D eigenvalue weighted by atomic mass is 16.6. The van der Waals surface area contributed by atoms with Crippen LogP contribution in [0.3, 0.4) is 0 Å². The molecule has 27 heavy (non-hydrogen) atoms. The summed E-state index contributed by atoms with van der Waals surface area (Å²) in [6.07, 6.45) is 5.44. The molecule has 0 unspecified atom stereocenters. The zero-order valence-electron chi connectivity index (χ0n) is 15.1. The molecule has 138 valence electrons. The Morgan fingerprint density at radius 3 is 2.59 bits per heavy atom. The van der Waals surface area contributed by atoms with E-state index in [1.165, 1.54) is 5.56 Å². The Hall–Kier alpha value is -2.99. The normalized spacial score (nSPS) is 19.7. The zero-order valence-corrected chi connectivity index (χ0v) is 15.1. The van der Waals surface area contributed by atoms with Gasteiger partial charge in [-0.2, -0.15) is 0 Å². The fourth-order valence-electron chi connectivity index (χ4n) is 3.91. The minimum Gasteiger partial charge on any atom is -0.381 e. The number of benzene rings is 2. The number of pyridine rings is 1. The molecule has 1 saturated heterocycles. The van der Waals surface area contributed by atoms with E-state index in [-0.39, 0.29) is 10.6 Å². The first-order valence-corrected chi connectivity index (χ1v) is 9.36. The van der Waals surface area contributed by atoms with Crippen LogP contribution in [0.5, 0.6) is 0 Å². The first-order chi connectivity index (χ1) is 13.2. The second-order valence-corrected chi connectivity index (χ2v) is 7.14. The number of piperidine rings is 1. The van der Waals surface area contributed by atoms with Crippen molar-refractivity contribution in [3.05, 3.63) is 76.6 Å². The third kappa shape index (κ3) is 3.90. The molecule has 2 heterocycles. The van der Waals surface area contributed by atoms with Crippen molar-refractivity contribution < 1.29 is 9.82 Å². The summed E-state index contributed by atoms with van der Waals surface area (Å²) in [7, 11) is 0. The summed E-state index contributed by atoms with van der Waals surface area (Å²) >= 11 is 0. The van der Waals surface area contributed by atoms with Gasteiger partial charge in [0.2, 0.25) is 0 Å². The van der Waals surface area contributed by atoms with E-state index in [2.05, 4.69) is 40.6 Å². The van der Waals surface area contributed by atoms with Crippen molar-refractivity contribution in [3.63, 3.8) is 0 Å². The third-order valence-electron chi connectivity index (χ3n) is 5.34. The number of quaternary nitrogens is 1. The number of aromatic nitrogens is 1. The van der Waals surface area contributed by atoms with Crippen LogP contribution < -0.4 is 10.2 Å². The number of fused-ring (bicyclic) bond motifs is 1. The van der Waals surface area contributed by atoms with Gasteiger partial charge in [-0.25, -0.2) is 0 Å². The molecule has 1 aromatic heterocycles. The van der Waals surface area contributed by atoms with Gasteiger partial charge in [-0.1, -0.05) is 30.3 Å². The molecule has 0 aliphatic carbocycles. The number of likely N-dealkylation sites (tertiary alicyclic amines) is 1. The highest BCUT2D eigenvalue weighted by Gasteiger charge is 2.23. The summed E-state index contributed by atoms with van der Waals surface area (Å²) < 4.78 is 0. The van der Waals surface area contributed by atoms with Gasteiger partial charge in [0.15, 0.2) is 0 Å². The minimum atomic E-state index is -0.348. The summed E-state index contributed by atoms with van der Waals surface area (Å²) in [4.78, 5) is 16.6. The molecule has 0 saturated carbocycles. The van der Waals surface area contributed by atoms with Gasteiger partial charge >= 0.3 is 0 Å². The Balaban J connectivity index is 1.44. The number of nitro groups is 1. The first-order valence-electron chi connectivity index (χ1n) is 9.36. The van der Waals surface area contributed by atoms with Gasteiger partial charge in [0.25, 0.3) is 5.69 Å². The molecule has 1 aliphatic rings. The summed E-state index contributed by atoms with van der Waals surface area (Å²) in [6.45, 7) is 3.32. The van der Waals surface area contributed by atoms with Gasteiger partial charge in [0, 0.05) is 54.0 Å². The molecule has 2 aromatic carbocycles. The van der Waals surface area contributed by atoms with E-state index >= 15 is 0 Å². The molecular weight excluding hydrogens is 340 g/mol. The van der Waals surface area contributed by atoms with Crippen LogP contribution in [-0.4, -0.2) is 29.0 Å². The van der Waals surface area contributed by atoms with Gasteiger partial charge in [-0.05, 0) is 12.1 Å². The maximum absolute atomic E-state index is 11.3. The summed E-state index contributed by atoms with van der Waals surface area (Å²) in [5.41, 5.74) is 2.44. The van der Waals surface area contributed by atoms with Crippen LogP contribution in [0.25, 0.3) is 10.8 Å². The summed E-state index contributed by atoms with van der Waals surface area (Å²) in [5.74, 6) is 0. The van der Waals surface area contributed by atoms with E-state index in [0.29, 0.717) is 11.4 Å². The van der Waals surface area contributed by atoms with Crippen molar-refractivity contribution in [2.24, 2.45) is 0 Å². The molecule has 3 aromatic rings. The fourth-order valence-corrected chi connectivity index (χ4v) is 3.91. The minimum absolute atomic E-state index is 0.103. The number of nitrogens with zero attached hydrogens (tertiary/aromatic N) is 2. The quantitative estimate of drug-likeness (QED) is 0.540. The average molecular weight is 363 g/mol. The first kappa shape index (κ1) is 17.4. The Bertz CT molecular complexity index is 937. The molecule has 0 radical (unpaired) electrons. The Morgan fingerprint density at radius 2 is 1.85 bits per heavy atom. The average Bonchev–Trinajstić information content (AvgIpc) is 2.70. The summed E-state index contributed by atoms with van der Waals surface area (Å²) in [6, 6.07) is 16.3. The Kier molecular flexibility index (Phi) is 4.98.